The first-order valence-corrected chi connectivity index (χ1v) is 28.2. The molecule has 4 fully saturated rings. The highest BCUT2D eigenvalue weighted by Gasteiger charge is 2.53. The minimum absolute atomic E-state index is 0.206. The quantitative estimate of drug-likeness (QED) is 0.206. The van der Waals surface area contributed by atoms with Gasteiger partial charge in [-0.2, -0.15) is 26.3 Å². The summed E-state index contributed by atoms with van der Waals surface area (Å²) < 4.78 is 86.6. The van der Waals surface area contributed by atoms with Gasteiger partial charge in [0.15, 0.2) is 0 Å². The van der Waals surface area contributed by atoms with E-state index in [-0.39, 0.29) is 12.1 Å². The number of anilines is 2. The van der Waals surface area contributed by atoms with Crippen LogP contribution in [-0.4, -0.2) is 71.1 Å². The molecular weight excluding hydrogens is 928 g/mol. The molecule has 0 bridgehead atoms. The number of halogens is 3. The van der Waals surface area contributed by atoms with Gasteiger partial charge in [-0.1, -0.05) is 32.2 Å². The zero-order valence-electron chi connectivity index (χ0n) is 29.7. The fourth-order valence-corrected chi connectivity index (χ4v) is 11.7. The van der Waals surface area contributed by atoms with Gasteiger partial charge in [-0.05, 0) is 123 Å². The third kappa shape index (κ3) is 11.2. The molecule has 0 amide bonds. The lowest BCUT2D eigenvalue weighted by atomic mass is 9.83. The van der Waals surface area contributed by atoms with Crippen molar-refractivity contribution in [2.45, 2.75) is 69.2 Å². The lowest BCUT2D eigenvalue weighted by Crippen LogP contribution is -2.57. The van der Waals surface area contributed by atoms with Gasteiger partial charge in [0.25, 0.3) is 0 Å². The zero-order chi connectivity index (χ0) is 39.0. The summed E-state index contributed by atoms with van der Waals surface area (Å²) in [7, 11) is 3.45. The largest absolute Gasteiger partial charge is 0.314 e. The van der Waals surface area contributed by atoms with E-state index >= 15 is 0 Å². The van der Waals surface area contributed by atoms with E-state index in [1.54, 1.807) is 18.2 Å². The van der Waals surface area contributed by atoms with Crippen LogP contribution in [0.4, 0.5) is 20.2 Å². The number of piperidine rings is 2. The highest BCUT2D eigenvalue weighted by atomic mass is 127. The lowest BCUT2D eigenvalue weighted by Gasteiger charge is -2.47. The summed E-state index contributed by atoms with van der Waals surface area (Å²) in [4.78, 5) is 2.39. The molecule has 7 rings (SSSR count). The number of hydrogen-bond donors (Lipinski definition) is 3. The SMILES string of the molecule is C[C@H]1C[C@]2(CCN1)CNS(=O)(=O)N2c1cccc(F)c1.C[C@H]1C[C@]2(CCN1Cc1cccc(I)c1)CNS(=O)(=O)N2c1cccc(F)c1.PP.PPP. The third-order valence-electron chi connectivity index (χ3n) is 9.80. The van der Waals surface area contributed by atoms with Crippen LogP contribution >= 0.6 is 66.3 Å². The van der Waals surface area contributed by atoms with Gasteiger partial charge in [-0.25, -0.2) is 8.78 Å². The van der Waals surface area contributed by atoms with E-state index in [0.717, 1.165) is 27.6 Å². The molecule has 3 aromatic carbocycles. The summed E-state index contributed by atoms with van der Waals surface area (Å²) >= 11 is 2.32. The maximum Gasteiger partial charge on any atom is 0.302 e. The second kappa shape index (κ2) is 19.9. The van der Waals surface area contributed by atoms with Gasteiger partial charge >= 0.3 is 20.4 Å². The van der Waals surface area contributed by atoms with Crippen LogP contribution in [0.15, 0.2) is 72.8 Å². The van der Waals surface area contributed by atoms with Crippen molar-refractivity contribution >= 4 is 98.1 Å². The number of nitrogens with one attached hydrogen (secondary N) is 3. The second-order valence-corrected chi connectivity index (χ2v) is 22.3. The van der Waals surface area contributed by atoms with E-state index in [1.807, 2.05) is 6.92 Å². The summed E-state index contributed by atoms with van der Waals surface area (Å²) in [5, 5.41) is 3.32. The molecule has 0 aromatic heterocycles. The molecular formula is C33H50F2IN6O4P5S2. The van der Waals surface area contributed by atoms with Crippen LogP contribution < -0.4 is 23.4 Å². The molecule has 4 aliphatic heterocycles. The molecule has 0 radical (unpaired) electrons. The van der Waals surface area contributed by atoms with Gasteiger partial charge in [0.05, 0.1) is 22.5 Å². The first-order chi connectivity index (χ1) is 25.1. The van der Waals surface area contributed by atoms with Crippen molar-refractivity contribution < 1.29 is 25.6 Å². The summed E-state index contributed by atoms with van der Waals surface area (Å²) in [5.74, 6) is -0.861. The summed E-state index contributed by atoms with van der Waals surface area (Å²) in [6.45, 7) is 7.29. The van der Waals surface area contributed by atoms with Gasteiger partial charge in [-0.15, -0.1) is 35.7 Å². The van der Waals surface area contributed by atoms with Gasteiger partial charge in [-0.3, -0.25) is 13.5 Å². The first kappa shape index (κ1) is 45.4. The van der Waals surface area contributed by atoms with Crippen LogP contribution in [0.25, 0.3) is 0 Å². The second-order valence-electron chi connectivity index (χ2n) is 13.5. The van der Waals surface area contributed by atoms with Crippen LogP contribution in [0.2, 0.25) is 0 Å². The van der Waals surface area contributed by atoms with Gasteiger partial charge < -0.3 is 5.32 Å². The van der Waals surface area contributed by atoms with E-state index in [1.165, 1.54) is 48.1 Å². The minimum Gasteiger partial charge on any atom is -0.314 e. The Morgan fingerprint density at radius 2 is 1.32 bits per heavy atom. The molecule has 4 aliphatic rings. The van der Waals surface area contributed by atoms with E-state index in [2.05, 4.69) is 109 Å². The van der Waals surface area contributed by atoms with Crippen LogP contribution in [-0.2, 0) is 27.0 Å². The topological polar surface area (TPSA) is 114 Å². The molecule has 0 saturated carbocycles. The molecule has 10 nitrogen and oxygen atoms in total. The molecule has 8 atom stereocenters. The van der Waals surface area contributed by atoms with Crippen LogP contribution in [0.3, 0.4) is 0 Å². The number of benzene rings is 3. The van der Waals surface area contributed by atoms with Crippen molar-refractivity contribution in [1.82, 2.24) is 19.7 Å². The minimum atomic E-state index is -3.67. The molecule has 0 aliphatic carbocycles. The van der Waals surface area contributed by atoms with Crippen molar-refractivity contribution in [2.75, 3.05) is 34.8 Å². The predicted octanol–water partition coefficient (Wildman–Crippen LogP) is 6.40. The molecule has 4 saturated heterocycles. The highest BCUT2D eigenvalue weighted by Crippen LogP contribution is 2.42. The molecule has 53 heavy (non-hydrogen) atoms. The van der Waals surface area contributed by atoms with Crippen molar-refractivity contribution in [2.24, 2.45) is 0 Å². The van der Waals surface area contributed by atoms with Crippen LogP contribution in [0.1, 0.15) is 45.1 Å². The number of likely N-dealkylation sites (tertiary alicyclic amines) is 1. The van der Waals surface area contributed by atoms with Gasteiger partial charge in [0.1, 0.15) is 11.6 Å². The summed E-state index contributed by atoms with van der Waals surface area (Å²) in [5.41, 5.74) is 0.978. The summed E-state index contributed by atoms with van der Waals surface area (Å²) in [6, 6.07) is 20.5. The first-order valence-electron chi connectivity index (χ1n) is 17.0. The normalized spacial score (nSPS) is 27.3. The monoisotopic (exact) mass is 978 g/mol. The smallest absolute Gasteiger partial charge is 0.302 e. The van der Waals surface area contributed by atoms with Crippen molar-refractivity contribution in [3.05, 3.63) is 93.6 Å². The Bertz CT molecular complexity index is 1910. The van der Waals surface area contributed by atoms with Gasteiger partial charge in [0, 0.05) is 41.8 Å². The Morgan fingerprint density at radius 3 is 1.79 bits per heavy atom. The van der Waals surface area contributed by atoms with E-state index in [0.29, 0.717) is 50.1 Å². The van der Waals surface area contributed by atoms with Crippen molar-refractivity contribution in [1.29, 1.82) is 0 Å². The zero-order valence-corrected chi connectivity index (χ0v) is 39.1. The fraction of sp³-hybridized carbons (Fsp3) is 0.455. The summed E-state index contributed by atoms with van der Waals surface area (Å²) in [6.07, 6.45) is 2.81. The Morgan fingerprint density at radius 1 is 0.811 bits per heavy atom. The molecule has 294 valence electrons. The fourth-order valence-electron chi connectivity index (χ4n) is 7.71. The molecule has 2 spiro atoms. The Labute approximate surface area is 338 Å². The average molecular weight is 979 g/mol. The Balaban J connectivity index is 0.000000220. The third-order valence-corrected chi connectivity index (χ3v) is 13.6. The van der Waals surface area contributed by atoms with E-state index < -0.39 is 43.1 Å². The number of nitrogens with zero attached hydrogens (tertiary/aromatic N) is 3. The van der Waals surface area contributed by atoms with E-state index in [9.17, 15) is 25.6 Å². The number of rotatable bonds is 4. The Hall–Kier alpha value is -0.260. The molecule has 4 heterocycles. The average Bonchev–Trinajstić information content (AvgIpc) is 3.50. The highest BCUT2D eigenvalue weighted by molar-refractivity contribution is 14.1. The maximum absolute atomic E-state index is 13.8. The standard InChI is InChI=1S/C20H23FIN3O2S.C13H18FN3O2S.H5P3.H4P2/c1-15-12-20(8-9-24(15)13-16-4-2-6-18(22)10-16)14-23-28(26,27)25(20)19-7-3-5-17(21)11-19;1-10-8-13(5-6-15-10)9-16-20(18,19)17(13)12-4-2-3-11(14)7-12;1-3-2;1-2/h2-7,10-11,15,23H,8-9,12-14H2,1H3;2-4,7,10,15-16H,5-6,8-9H2,1H3;3H,1-2H2;1-2H2/t15-,20+;10-,13+;;/m00../s1. The molecule has 20 heteroatoms. The van der Waals surface area contributed by atoms with Crippen LogP contribution in [0.5, 0.6) is 0 Å². The van der Waals surface area contributed by atoms with Crippen LogP contribution in [0, 0.1) is 15.2 Å². The predicted molar refractivity (Wildman–Crippen MR) is 239 cm³/mol. The van der Waals surface area contributed by atoms with Crippen molar-refractivity contribution in [3.8, 4) is 0 Å². The lowest BCUT2D eigenvalue weighted by molar-refractivity contribution is 0.106. The molecule has 3 N–H and O–H groups in total. The Kier molecular flexibility index (Phi) is 17.1. The molecule has 4 unspecified atom stereocenters. The van der Waals surface area contributed by atoms with E-state index in [4.69, 9.17) is 0 Å². The van der Waals surface area contributed by atoms with Gasteiger partial charge in [0.2, 0.25) is 0 Å². The maximum atomic E-state index is 13.8. The molecule has 3 aromatic rings. The van der Waals surface area contributed by atoms with Crippen molar-refractivity contribution in [3.63, 3.8) is 0 Å². The number of hydrogen-bond acceptors (Lipinski definition) is 6.